The first kappa shape index (κ1) is 15.7. The van der Waals surface area contributed by atoms with Crippen molar-refractivity contribution < 1.29 is 4.79 Å². The van der Waals surface area contributed by atoms with Crippen molar-refractivity contribution in [3.63, 3.8) is 0 Å². The van der Waals surface area contributed by atoms with Gasteiger partial charge in [0, 0.05) is 13.0 Å². The standard InChI is InChI=1S/C16H26N2O/c1-5-6-7-16(19)17-12-15(18(3)4)14-10-8-13(2)9-11-14/h8-11,15H,5-7,12H2,1-4H3,(H,17,19). The van der Waals surface area contributed by atoms with E-state index in [9.17, 15) is 4.79 Å². The molecule has 1 N–H and O–H groups in total. The van der Waals surface area contributed by atoms with Crippen LogP contribution >= 0.6 is 0 Å². The second-order valence-electron chi connectivity index (χ2n) is 5.30. The highest BCUT2D eigenvalue weighted by Gasteiger charge is 2.14. The molecule has 0 aliphatic heterocycles. The molecule has 0 radical (unpaired) electrons. The molecule has 0 aliphatic rings. The first-order valence-electron chi connectivity index (χ1n) is 7.04. The van der Waals surface area contributed by atoms with Crippen molar-refractivity contribution in [2.24, 2.45) is 0 Å². The van der Waals surface area contributed by atoms with Crippen molar-refractivity contribution in [2.75, 3.05) is 20.6 Å². The molecular formula is C16H26N2O. The number of aryl methyl sites for hydroxylation is 1. The predicted molar refractivity (Wildman–Crippen MR) is 80.1 cm³/mol. The number of rotatable bonds is 7. The lowest BCUT2D eigenvalue weighted by Crippen LogP contribution is -2.34. The van der Waals surface area contributed by atoms with Gasteiger partial charge in [0.1, 0.15) is 0 Å². The van der Waals surface area contributed by atoms with E-state index in [4.69, 9.17) is 0 Å². The van der Waals surface area contributed by atoms with E-state index < -0.39 is 0 Å². The van der Waals surface area contributed by atoms with Crippen molar-refractivity contribution in [3.8, 4) is 0 Å². The summed E-state index contributed by atoms with van der Waals surface area (Å²) < 4.78 is 0. The normalized spacial score (nSPS) is 12.5. The van der Waals surface area contributed by atoms with Gasteiger partial charge in [-0.05, 0) is 33.0 Å². The number of carbonyl (C=O) groups excluding carboxylic acids is 1. The Morgan fingerprint density at radius 1 is 1.26 bits per heavy atom. The Bertz CT molecular complexity index is 384. The Balaban J connectivity index is 2.58. The summed E-state index contributed by atoms with van der Waals surface area (Å²) in [4.78, 5) is 13.8. The molecule has 0 saturated heterocycles. The van der Waals surface area contributed by atoms with Gasteiger partial charge < -0.3 is 10.2 Å². The summed E-state index contributed by atoms with van der Waals surface area (Å²) in [6, 6.07) is 8.73. The van der Waals surface area contributed by atoms with Crippen LogP contribution in [0, 0.1) is 6.92 Å². The number of amides is 1. The van der Waals surface area contributed by atoms with E-state index in [1.807, 2.05) is 14.1 Å². The molecule has 19 heavy (non-hydrogen) atoms. The van der Waals surface area contributed by atoms with E-state index in [2.05, 4.69) is 48.3 Å². The molecule has 0 aliphatic carbocycles. The van der Waals surface area contributed by atoms with Gasteiger partial charge in [-0.15, -0.1) is 0 Å². The van der Waals surface area contributed by atoms with Crippen molar-refractivity contribution >= 4 is 5.91 Å². The van der Waals surface area contributed by atoms with Crippen LogP contribution < -0.4 is 5.32 Å². The minimum Gasteiger partial charge on any atom is -0.354 e. The van der Waals surface area contributed by atoms with Crippen molar-refractivity contribution in [3.05, 3.63) is 35.4 Å². The summed E-state index contributed by atoms with van der Waals surface area (Å²) in [7, 11) is 4.09. The molecule has 1 aromatic carbocycles. The van der Waals surface area contributed by atoms with Crippen LogP contribution in [0.5, 0.6) is 0 Å². The Hall–Kier alpha value is -1.35. The smallest absolute Gasteiger partial charge is 0.220 e. The Morgan fingerprint density at radius 2 is 1.89 bits per heavy atom. The van der Waals surface area contributed by atoms with Gasteiger partial charge in [0.05, 0.1) is 6.04 Å². The highest BCUT2D eigenvalue weighted by Crippen LogP contribution is 2.17. The minimum absolute atomic E-state index is 0.154. The van der Waals surface area contributed by atoms with E-state index in [0.29, 0.717) is 13.0 Å². The molecule has 106 valence electrons. The molecule has 3 nitrogen and oxygen atoms in total. The van der Waals surface area contributed by atoms with Gasteiger partial charge in [-0.2, -0.15) is 0 Å². The molecule has 1 unspecified atom stereocenters. The first-order chi connectivity index (χ1) is 9.04. The van der Waals surface area contributed by atoms with Gasteiger partial charge in [0.25, 0.3) is 0 Å². The van der Waals surface area contributed by atoms with Gasteiger partial charge in [-0.3, -0.25) is 4.79 Å². The lowest BCUT2D eigenvalue weighted by atomic mass is 10.0. The van der Waals surface area contributed by atoms with E-state index >= 15 is 0 Å². The van der Waals surface area contributed by atoms with E-state index in [-0.39, 0.29) is 11.9 Å². The second-order valence-corrected chi connectivity index (χ2v) is 5.30. The highest BCUT2D eigenvalue weighted by atomic mass is 16.1. The Labute approximate surface area is 117 Å². The number of nitrogens with one attached hydrogen (secondary N) is 1. The summed E-state index contributed by atoms with van der Waals surface area (Å²) in [5, 5.41) is 3.03. The largest absolute Gasteiger partial charge is 0.354 e. The average molecular weight is 262 g/mol. The Kier molecular flexibility index (Phi) is 6.57. The number of likely N-dealkylation sites (N-methyl/N-ethyl adjacent to an activating group) is 1. The molecule has 0 bridgehead atoms. The van der Waals surface area contributed by atoms with Gasteiger partial charge in [-0.1, -0.05) is 43.2 Å². The molecule has 0 spiro atoms. The summed E-state index contributed by atoms with van der Waals surface area (Å²) >= 11 is 0. The Morgan fingerprint density at radius 3 is 2.42 bits per heavy atom. The molecule has 0 heterocycles. The number of benzene rings is 1. The fourth-order valence-electron chi connectivity index (χ4n) is 2.02. The van der Waals surface area contributed by atoms with Crippen LogP contribution in [0.1, 0.15) is 43.4 Å². The lowest BCUT2D eigenvalue weighted by molar-refractivity contribution is -0.121. The quantitative estimate of drug-likeness (QED) is 0.819. The zero-order valence-electron chi connectivity index (χ0n) is 12.6. The molecule has 1 amide bonds. The molecule has 0 saturated carbocycles. The highest BCUT2D eigenvalue weighted by molar-refractivity contribution is 5.75. The molecule has 1 atom stereocenters. The van der Waals surface area contributed by atoms with Gasteiger partial charge in [0.2, 0.25) is 5.91 Å². The van der Waals surface area contributed by atoms with Gasteiger partial charge in [-0.25, -0.2) is 0 Å². The molecule has 1 rings (SSSR count). The maximum Gasteiger partial charge on any atom is 0.220 e. The van der Waals surface area contributed by atoms with Crippen LogP contribution in [0.4, 0.5) is 0 Å². The zero-order valence-corrected chi connectivity index (χ0v) is 12.6. The van der Waals surface area contributed by atoms with E-state index in [1.165, 1.54) is 11.1 Å². The topological polar surface area (TPSA) is 32.3 Å². The van der Waals surface area contributed by atoms with Gasteiger partial charge >= 0.3 is 0 Å². The number of hydrogen-bond acceptors (Lipinski definition) is 2. The second kappa shape index (κ2) is 7.95. The molecule has 1 aromatic rings. The molecule has 3 heteroatoms. The molecule has 0 fully saturated rings. The summed E-state index contributed by atoms with van der Waals surface area (Å²) in [5.74, 6) is 0.154. The van der Waals surface area contributed by atoms with Crippen molar-refractivity contribution in [1.82, 2.24) is 10.2 Å². The first-order valence-corrected chi connectivity index (χ1v) is 7.04. The van der Waals surface area contributed by atoms with Crippen LogP contribution in [0.15, 0.2) is 24.3 Å². The number of hydrogen-bond donors (Lipinski definition) is 1. The predicted octanol–water partition coefficient (Wildman–Crippen LogP) is 2.90. The number of unbranched alkanes of at least 4 members (excludes halogenated alkanes) is 1. The van der Waals surface area contributed by atoms with Crippen LogP contribution in [-0.4, -0.2) is 31.4 Å². The summed E-state index contributed by atoms with van der Waals surface area (Å²) in [5.41, 5.74) is 2.50. The third-order valence-corrected chi connectivity index (χ3v) is 3.34. The molecule has 0 aromatic heterocycles. The fraction of sp³-hybridized carbons (Fsp3) is 0.562. The third kappa shape index (κ3) is 5.43. The SMILES string of the molecule is CCCCC(=O)NCC(c1ccc(C)cc1)N(C)C. The number of carbonyl (C=O) groups is 1. The molecular weight excluding hydrogens is 236 g/mol. The van der Waals surface area contributed by atoms with E-state index in [1.54, 1.807) is 0 Å². The van der Waals surface area contributed by atoms with Crippen LogP contribution in [-0.2, 0) is 4.79 Å². The van der Waals surface area contributed by atoms with Gasteiger partial charge in [0.15, 0.2) is 0 Å². The fourth-order valence-corrected chi connectivity index (χ4v) is 2.02. The van der Waals surface area contributed by atoms with E-state index in [0.717, 1.165) is 12.8 Å². The van der Waals surface area contributed by atoms with Crippen molar-refractivity contribution in [1.29, 1.82) is 0 Å². The minimum atomic E-state index is 0.154. The van der Waals surface area contributed by atoms with Crippen LogP contribution in [0.3, 0.4) is 0 Å². The average Bonchev–Trinajstić information content (AvgIpc) is 2.38. The monoisotopic (exact) mass is 262 g/mol. The lowest BCUT2D eigenvalue weighted by Gasteiger charge is -2.25. The number of nitrogens with zero attached hydrogens (tertiary/aromatic N) is 1. The zero-order chi connectivity index (χ0) is 14.3. The summed E-state index contributed by atoms with van der Waals surface area (Å²) in [6.07, 6.45) is 2.65. The summed E-state index contributed by atoms with van der Waals surface area (Å²) in [6.45, 7) is 4.85. The maximum atomic E-state index is 11.7. The maximum absolute atomic E-state index is 11.7. The van der Waals surface area contributed by atoms with Crippen LogP contribution in [0.25, 0.3) is 0 Å². The van der Waals surface area contributed by atoms with Crippen molar-refractivity contribution in [2.45, 2.75) is 39.2 Å². The third-order valence-electron chi connectivity index (χ3n) is 3.34. The van der Waals surface area contributed by atoms with Crippen LogP contribution in [0.2, 0.25) is 0 Å².